The summed E-state index contributed by atoms with van der Waals surface area (Å²) in [4.78, 5) is 23.3. The fourth-order valence-corrected chi connectivity index (χ4v) is 2.11. The highest BCUT2D eigenvalue weighted by Crippen LogP contribution is 2.28. The third-order valence-corrected chi connectivity index (χ3v) is 3.52. The van der Waals surface area contributed by atoms with Crippen molar-refractivity contribution < 1.29 is 19.1 Å². The Labute approximate surface area is 127 Å². The van der Waals surface area contributed by atoms with Crippen molar-refractivity contribution in [2.45, 2.75) is 46.5 Å². The van der Waals surface area contributed by atoms with E-state index in [1.165, 1.54) is 0 Å². The van der Waals surface area contributed by atoms with Gasteiger partial charge in [0.05, 0.1) is 11.3 Å². The predicted octanol–water partition coefficient (Wildman–Crippen LogP) is 2.26. The fraction of sp³-hybridized carbons (Fsp3) is 0.857. The van der Waals surface area contributed by atoms with Gasteiger partial charge in [-0.2, -0.15) is 0 Å². The number of nitrogens with two attached hydrogens (primary N) is 1. The van der Waals surface area contributed by atoms with Crippen LogP contribution < -0.4 is 5.73 Å². The summed E-state index contributed by atoms with van der Waals surface area (Å²) in [5.41, 5.74) is 5.03. The third kappa shape index (κ3) is 6.09. The summed E-state index contributed by atoms with van der Waals surface area (Å²) in [6, 6.07) is 0. The molecular formula is C14H26ClNO4. The van der Waals surface area contributed by atoms with Gasteiger partial charge in [0.15, 0.2) is 0 Å². The van der Waals surface area contributed by atoms with Crippen molar-refractivity contribution in [2.24, 2.45) is 23.0 Å². The summed E-state index contributed by atoms with van der Waals surface area (Å²) in [6.45, 7) is 5.67. The molecule has 0 heterocycles. The van der Waals surface area contributed by atoms with Crippen LogP contribution in [0.15, 0.2) is 0 Å². The molecule has 1 saturated carbocycles. The molecule has 0 aromatic rings. The van der Waals surface area contributed by atoms with E-state index in [0.29, 0.717) is 12.5 Å². The van der Waals surface area contributed by atoms with Gasteiger partial charge in [-0.05, 0) is 58.9 Å². The van der Waals surface area contributed by atoms with Crippen LogP contribution in [0.2, 0.25) is 0 Å². The molecule has 0 bridgehead atoms. The Hall–Kier alpha value is -0.810. The van der Waals surface area contributed by atoms with Crippen LogP contribution in [0.4, 0.5) is 0 Å². The van der Waals surface area contributed by atoms with E-state index in [9.17, 15) is 9.59 Å². The molecule has 0 atom stereocenters. The van der Waals surface area contributed by atoms with E-state index in [4.69, 9.17) is 15.2 Å². The van der Waals surface area contributed by atoms with Gasteiger partial charge in [-0.1, -0.05) is 0 Å². The second-order valence-electron chi connectivity index (χ2n) is 6.22. The van der Waals surface area contributed by atoms with Gasteiger partial charge in [-0.3, -0.25) is 9.59 Å². The lowest BCUT2D eigenvalue weighted by Gasteiger charge is -2.26. The molecule has 0 aromatic carbocycles. The second-order valence-corrected chi connectivity index (χ2v) is 6.22. The minimum atomic E-state index is -0.578. The van der Waals surface area contributed by atoms with Gasteiger partial charge in [0.1, 0.15) is 0 Å². The van der Waals surface area contributed by atoms with Crippen molar-refractivity contribution in [1.82, 2.24) is 0 Å². The first-order valence-corrected chi connectivity index (χ1v) is 6.88. The lowest BCUT2D eigenvalue weighted by Crippen LogP contribution is -2.29. The minimum absolute atomic E-state index is 0. The maximum absolute atomic E-state index is 11.8. The standard InChI is InChI=1S/C14H25NO4.ClH/c1-14(2,3)13(17)19-9-18-12(16)11-6-4-10(8-15)5-7-11;/h10-11H,4-9,15H2,1-3H3;1H/t10-,11-;. The zero-order chi connectivity index (χ0) is 14.5. The molecule has 2 N–H and O–H groups in total. The summed E-state index contributed by atoms with van der Waals surface area (Å²) >= 11 is 0. The van der Waals surface area contributed by atoms with Crippen LogP contribution in [0.5, 0.6) is 0 Å². The fourth-order valence-electron chi connectivity index (χ4n) is 2.11. The van der Waals surface area contributed by atoms with Crippen LogP contribution in [0, 0.1) is 17.3 Å². The molecule has 0 aliphatic heterocycles. The molecule has 0 amide bonds. The summed E-state index contributed by atoms with van der Waals surface area (Å²) in [5.74, 6) is -0.178. The third-order valence-electron chi connectivity index (χ3n) is 3.52. The van der Waals surface area contributed by atoms with Crippen molar-refractivity contribution in [3.05, 3.63) is 0 Å². The number of carbonyl (C=O) groups is 2. The Morgan fingerprint density at radius 3 is 2.10 bits per heavy atom. The average Bonchev–Trinajstić information content (AvgIpc) is 2.37. The van der Waals surface area contributed by atoms with Crippen molar-refractivity contribution in [3.8, 4) is 0 Å². The molecule has 118 valence electrons. The number of carbonyl (C=O) groups excluding carboxylic acids is 2. The number of halogens is 1. The van der Waals surface area contributed by atoms with E-state index in [2.05, 4.69) is 0 Å². The van der Waals surface area contributed by atoms with Crippen molar-refractivity contribution in [3.63, 3.8) is 0 Å². The van der Waals surface area contributed by atoms with Crippen LogP contribution in [-0.4, -0.2) is 25.3 Å². The van der Waals surface area contributed by atoms with Gasteiger partial charge < -0.3 is 15.2 Å². The molecule has 1 aliphatic carbocycles. The van der Waals surface area contributed by atoms with Crippen LogP contribution in [0.25, 0.3) is 0 Å². The van der Waals surface area contributed by atoms with E-state index >= 15 is 0 Å². The lowest BCUT2D eigenvalue weighted by molar-refractivity contribution is -0.176. The summed E-state index contributed by atoms with van der Waals surface area (Å²) in [6.07, 6.45) is 3.57. The van der Waals surface area contributed by atoms with Gasteiger partial charge >= 0.3 is 11.9 Å². The van der Waals surface area contributed by atoms with Crippen LogP contribution in [0.3, 0.4) is 0 Å². The molecule has 6 heteroatoms. The maximum atomic E-state index is 11.8. The quantitative estimate of drug-likeness (QED) is 0.636. The van der Waals surface area contributed by atoms with Gasteiger partial charge in [-0.25, -0.2) is 0 Å². The molecule has 0 aromatic heterocycles. The van der Waals surface area contributed by atoms with Gasteiger partial charge in [0, 0.05) is 0 Å². The van der Waals surface area contributed by atoms with Crippen molar-refractivity contribution in [1.29, 1.82) is 0 Å². The Balaban J connectivity index is 0.00000361. The smallest absolute Gasteiger partial charge is 0.314 e. The predicted molar refractivity (Wildman–Crippen MR) is 78.3 cm³/mol. The Bertz CT molecular complexity index is 320. The molecule has 0 saturated heterocycles. The first kappa shape index (κ1) is 19.2. The Morgan fingerprint density at radius 1 is 1.10 bits per heavy atom. The SMILES string of the molecule is CC(C)(C)C(=O)OCOC(=O)[C@H]1CC[C@H](CN)CC1.Cl. The maximum Gasteiger partial charge on any atom is 0.314 e. The molecular weight excluding hydrogens is 282 g/mol. The van der Waals surface area contributed by atoms with E-state index in [0.717, 1.165) is 25.7 Å². The topological polar surface area (TPSA) is 78.6 Å². The summed E-state index contributed by atoms with van der Waals surface area (Å²) in [7, 11) is 0. The normalized spacial score (nSPS) is 22.6. The van der Waals surface area contributed by atoms with Crippen LogP contribution >= 0.6 is 12.4 Å². The number of esters is 2. The Morgan fingerprint density at radius 2 is 1.65 bits per heavy atom. The lowest BCUT2D eigenvalue weighted by atomic mass is 9.82. The molecule has 0 spiro atoms. The first-order valence-electron chi connectivity index (χ1n) is 6.88. The number of rotatable bonds is 4. The van der Waals surface area contributed by atoms with E-state index in [-0.39, 0.29) is 37.1 Å². The average molecular weight is 308 g/mol. The largest absolute Gasteiger partial charge is 0.428 e. The molecule has 0 unspecified atom stereocenters. The molecule has 1 aliphatic rings. The summed E-state index contributed by atoms with van der Waals surface area (Å²) in [5, 5.41) is 0. The van der Waals surface area contributed by atoms with E-state index < -0.39 is 5.41 Å². The van der Waals surface area contributed by atoms with Crippen molar-refractivity contribution in [2.75, 3.05) is 13.3 Å². The highest BCUT2D eigenvalue weighted by atomic mass is 35.5. The van der Waals surface area contributed by atoms with Gasteiger partial charge in [-0.15, -0.1) is 12.4 Å². The van der Waals surface area contributed by atoms with Gasteiger partial charge in [0.2, 0.25) is 6.79 Å². The number of hydrogen-bond donors (Lipinski definition) is 1. The van der Waals surface area contributed by atoms with Crippen LogP contribution in [0.1, 0.15) is 46.5 Å². The molecule has 5 nitrogen and oxygen atoms in total. The minimum Gasteiger partial charge on any atom is -0.428 e. The van der Waals surface area contributed by atoms with E-state index in [1.807, 2.05) is 0 Å². The molecule has 1 fully saturated rings. The Kier molecular flexibility index (Phi) is 8.13. The number of hydrogen-bond acceptors (Lipinski definition) is 5. The van der Waals surface area contributed by atoms with Crippen molar-refractivity contribution >= 4 is 24.3 Å². The summed E-state index contributed by atoms with van der Waals surface area (Å²) < 4.78 is 9.91. The number of ether oxygens (including phenoxy) is 2. The highest BCUT2D eigenvalue weighted by Gasteiger charge is 2.28. The van der Waals surface area contributed by atoms with E-state index in [1.54, 1.807) is 20.8 Å². The zero-order valence-electron chi connectivity index (χ0n) is 12.5. The molecule has 20 heavy (non-hydrogen) atoms. The van der Waals surface area contributed by atoms with Crippen LogP contribution in [-0.2, 0) is 19.1 Å². The second kappa shape index (κ2) is 8.47. The first-order chi connectivity index (χ1) is 8.84. The monoisotopic (exact) mass is 307 g/mol. The zero-order valence-corrected chi connectivity index (χ0v) is 13.3. The molecule has 1 rings (SSSR count). The highest BCUT2D eigenvalue weighted by molar-refractivity contribution is 5.85. The van der Waals surface area contributed by atoms with Gasteiger partial charge in [0.25, 0.3) is 0 Å². The molecule has 0 radical (unpaired) electrons.